The molecule has 0 fully saturated rings. The summed E-state index contributed by atoms with van der Waals surface area (Å²) in [5.74, 6) is 0.526. The SMILES string of the molecule is CC(C)Oc1c(Cl)cc(CNCCOCCO)cc1Cl. The van der Waals surface area contributed by atoms with Crippen LogP contribution in [0.3, 0.4) is 0 Å². The van der Waals surface area contributed by atoms with E-state index in [2.05, 4.69) is 5.32 Å². The Morgan fingerprint density at radius 3 is 2.40 bits per heavy atom. The lowest BCUT2D eigenvalue weighted by Crippen LogP contribution is -2.20. The van der Waals surface area contributed by atoms with Gasteiger partial charge in [-0.2, -0.15) is 0 Å². The lowest BCUT2D eigenvalue weighted by molar-refractivity contribution is 0.0938. The van der Waals surface area contributed by atoms with E-state index in [4.69, 9.17) is 37.8 Å². The highest BCUT2D eigenvalue weighted by Crippen LogP contribution is 2.34. The molecular weight excluding hydrogens is 301 g/mol. The number of benzene rings is 1. The van der Waals surface area contributed by atoms with Crippen LogP contribution in [-0.2, 0) is 11.3 Å². The highest BCUT2D eigenvalue weighted by molar-refractivity contribution is 6.37. The Bertz CT molecular complexity index is 390. The van der Waals surface area contributed by atoms with Crippen LogP contribution in [-0.4, -0.2) is 37.6 Å². The van der Waals surface area contributed by atoms with Gasteiger partial charge in [0.15, 0.2) is 5.75 Å². The molecule has 2 N–H and O–H groups in total. The van der Waals surface area contributed by atoms with Crippen molar-refractivity contribution in [1.82, 2.24) is 5.32 Å². The summed E-state index contributed by atoms with van der Waals surface area (Å²) in [5, 5.41) is 12.8. The molecule has 0 atom stereocenters. The van der Waals surface area contributed by atoms with Gasteiger partial charge in [0.25, 0.3) is 0 Å². The number of hydrogen-bond donors (Lipinski definition) is 2. The second-order valence-electron chi connectivity index (χ2n) is 4.57. The van der Waals surface area contributed by atoms with E-state index in [0.717, 1.165) is 5.56 Å². The topological polar surface area (TPSA) is 50.7 Å². The van der Waals surface area contributed by atoms with Gasteiger partial charge in [0.2, 0.25) is 0 Å². The third-order valence-corrected chi connectivity index (χ3v) is 2.96. The number of hydrogen-bond acceptors (Lipinski definition) is 4. The maximum atomic E-state index is 8.56. The van der Waals surface area contributed by atoms with E-state index >= 15 is 0 Å². The average Bonchev–Trinajstić information content (AvgIpc) is 2.38. The summed E-state index contributed by atoms with van der Waals surface area (Å²) in [7, 11) is 0. The van der Waals surface area contributed by atoms with Crippen molar-refractivity contribution in [3.63, 3.8) is 0 Å². The monoisotopic (exact) mass is 321 g/mol. The van der Waals surface area contributed by atoms with E-state index in [1.807, 2.05) is 26.0 Å². The van der Waals surface area contributed by atoms with Crippen molar-refractivity contribution in [2.24, 2.45) is 0 Å². The molecule has 0 amide bonds. The summed E-state index contributed by atoms with van der Waals surface area (Å²) >= 11 is 12.3. The van der Waals surface area contributed by atoms with Crippen molar-refractivity contribution in [2.45, 2.75) is 26.5 Å². The molecule has 0 aliphatic carbocycles. The van der Waals surface area contributed by atoms with Crippen LogP contribution in [0.4, 0.5) is 0 Å². The zero-order valence-electron chi connectivity index (χ0n) is 11.8. The number of halogens is 2. The second-order valence-corrected chi connectivity index (χ2v) is 5.38. The smallest absolute Gasteiger partial charge is 0.156 e. The molecule has 0 aromatic heterocycles. The van der Waals surface area contributed by atoms with E-state index in [-0.39, 0.29) is 12.7 Å². The van der Waals surface area contributed by atoms with Crippen LogP contribution >= 0.6 is 23.2 Å². The molecule has 0 radical (unpaired) electrons. The van der Waals surface area contributed by atoms with E-state index in [1.54, 1.807) is 0 Å². The first kappa shape index (κ1) is 17.5. The molecule has 0 heterocycles. The first-order valence-electron chi connectivity index (χ1n) is 6.58. The van der Waals surface area contributed by atoms with Gasteiger partial charge in [0.05, 0.1) is 36.0 Å². The molecule has 1 aromatic rings. The first-order chi connectivity index (χ1) is 9.54. The van der Waals surface area contributed by atoms with E-state index in [9.17, 15) is 0 Å². The Hall–Kier alpha value is -0.520. The fraction of sp³-hybridized carbons (Fsp3) is 0.571. The quantitative estimate of drug-likeness (QED) is 0.687. The molecule has 1 rings (SSSR count). The van der Waals surface area contributed by atoms with Gasteiger partial charge in [-0.15, -0.1) is 0 Å². The lowest BCUT2D eigenvalue weighted by Gasteiger charge is -2.14. The molecule has 20 heavy (non-hydrogen) atoms. The fourth-order valence-electron chi connectivity index (χ4n) is 1.61. The fourth-order valence-corrected chi connectivity index (χ4v) is 2.23. The van der Waals surface area contributed by atoms with Crippen LogP contribution < -0.4 is 10.1 Å². The van der Waals surface area contributed by atoms with Gasteiger partial charge in [-0.25, -0.2) is 0 Å². The van der Waals surface area contributed by atoms with Gasteiger partial charge in [0.1, 0.15) is 0 Å². The largest absolute Gasteiger partial charge is 0.488 e. The van der Waals surface area contributed by atoms with Crippen molar-refractivity contribution < 1.29 is 14.6 Å². The highest BCUT2D eigenvalue weighted by Gasteiger charge is 2.11. The Balaban J connectivity index is 2.47. The number of aliphatic hydroxyl groups is 1. The molecule has 6 heteroatoms. The molecule has 0 aliphatic heterocycles. The minimum absolute atomic E-state index is 0.0256. The Morgan fingerprint density at radius 2 is 1.85 bits per heavy atom. The van der Waals surface area contributed by atoms with Crippen LogP contribution in [0.2, 0.25) is 10.0 Å². The van der Waals surface area contributed by atoms with Crippen molar-refractivity contribution in [3.05, 3.63) is 27.7 Å². The molecule has 4 nitrogen and oxygen atoms in total. The van der Waals surface area contributed by atoms with E-state index in [1.165, 1.54) is 0 Å². The predicted octanol–water partition coefficient (Wildman–Crippen LogP) is 2.88. The molecular formula is C14H21Cl2NO3. The summed E-state index contributed by atoms with van der Waals surface area (Å²) in [6, 6.07) is 3.68. The van der Waals surface area contributed by atoms with Crippen LogP contribution in [0.5, 0.6) is 5.75 Å². The molecule has 0 unspecified atom stereocenters. The molecule has 1 aromatic carbocycles. The van der Waals surface area contributed by atoms with Crippen LogP contribution in [0, 0.1) is 0 Å². The average molecular weight is 322 g/mol. The number of aliphatic hydroxyl groups excluding tert-OH is 1. The highest BCUT2D eigenvalue weighted by atomic mass is 35.5. The second kappa shape index (κ2) is 9.42. The third kappa shape index (κ3) is 6.29. The summed E-state index contributed by atoms with van der Waals surface area (Å²) in [4.78, 5) is 0. The van der Waals surface area contributed by atoms with Gasteiger partial charge < -0.3 is 19.9 Å². The Kier molecular flexibility index (Phi) is 8.26. The molecule has 0 aliphatic rings. The lowest BCUT2D eigenvalue weighted by atomic mass is 10.2. The first-order valence-corrected chi connectivity index (χ1v) is 7.34. The predicted molar refractivity (Wildman–Crippen MR) is 81.8 cm³/mol. The maximum absolute atomic E-state index is 8.56. The van der Waals surface area contributed by atoms with E-state index in [0.29, 0.717) is 42.1 Å². The molecule has 114 valence electrons. The van der Waals surface area contributed by atoms with Crippen LogP contribution in [0.25, 0.3) is 0 Å². The van der Waals surface area contributed by atoms with Crippen molar-refractivity contribution in [2.75, 3.05) is 26.4 Å². The molecule has 0 saturated heterocycles. The Morgan fingerprint density at radius 1 is 1.20 bits per heavy atom. The molecule has 0 saturated carbocycles. The zero-order chi connectivity index (χ0) is 15.0. The number of nitrogens with one attached hydrogen (secondary N) is 1. The van der Waals surface area contributed by atoms with Gasteiger partial charge in [-0.1, -0.05) is 23.2 Å². The van der Waals surface area contributed by atoms with Crippen LogP contribution in [0.15, 0.2) is 12.1 Å². The number of ether oxygens (including phenoxy) is 2. The summed E-state index contributed by atoms with van der Waals surface area (Å²) in [6.07, 6.45) is 0.0256. The molecule has 0 bridgehead atoms. The third-order valence-electron chi connectivity index (χ3n) is 2.40. The summed E-state index contributed by atoms with van der Waals surface area (Å²) < 4.78 is 10.7. The van der Waals surface area contributed by atoms with Crippen molar-refractivity contribution >= 4 is 23.2 Å². The maximum Gasteiger partial charge on any atom is 0.156 e. The van der Waals surface area contributed by atoms with Crippen LogP contribution in [0.1, 0.15) is 19.4 Å². The zero-order valence-corrected chi connectivity index (χ0v) is 13.3. The molecule has 0 spiro atoms. The standard InChI is InChI=1S/C14H21Cl2NO3/c1-10(2)20-14-12(15)7-11(8-13(14)16)9-17-3-5-19-6-4-18/h7-8,10,17-18H,3-6,9H2,1-2H3. The minimum atomic E-state index is 0.0256. The van der Waals surface area contributed by atoms with E-state index < -0.39 is 0 Å². The number of rotatable bonds is 9. The van der Waals surface area contributed by atoms with Gasteiger partial charge >= 0.3 is 0 Å². The normalized spacial score (nSPS) is 11.1. The summed E-state index contributed by atoms with van der Waals surface area (Å²) in [5.41, 5.74) is 0.985. The van der Waals surface area contributed by atoms with Crippen molar-refractivity contribution in [3.8, 4) is 5.75 Å². The summed E-state index contributed by atoms with van der Waals surface area (Å²) in [6.45, 7) is 6.14. The Labute approximate surface area is 130 Å². The van der Waals surface area contributed by atoms with Gasteiger partial charge in [0, 0.05) is 13.1 Å². The van der Waals surface area contributed by atoms with Gasteiger partial charge in [-0.05, 0) is 31.5 Å². The van der Waals surface area contributed by atoms with Crippen molar-refractivity contribution in [1.29, 1.82) is 0 Å². The van der Waals surface area contributed by atoms with Gasteiger partial charge in [-0.3, -0.25) is 0 Å². The minimum Gasteiger partial charge on any atom is -0.488 e.